The first kappa shape index (κ1) is 67.8. The van der Waals surface area contributed by atoms with Gasteiger partial charge >= 0.3 is 69.6 Å². The van der Waals surface area contributed by atoms with Crippen LogP contribution in [-0.4, -0.2) is 187 Å². The number of hydrogen-bond donors (Lipinski definition) is 6. The van der Waals surface area contributed by atoms with Gasteiger partial charge in [0.15, 0.2) is 0 Å². The van der Waals surface area contributed by atoms with E-state index in [9.17, 15) is 52.7 Å². The van der Waals surface area contributed by atoms with E-state index in [0.29, 0.717) is 0 Å². The van der Waals surface area contributed by atoms with Crippen molar-refractivity contribution in [2.24, 2.45) is 0 Å². The Bertz CT molecular complexity index is 641. The van der Waals surface area contributed by atoms with Crippen molar-refractivity contribution in [1.29, 1.82) is 0 Å². The fourth-order valence-corrected chi connectivity index (χ4v) is 0.800. The van der Waals surface area contributed by atoms with Gasteiger partial charge in [-0.2, -0.15) is 52.7 Å². The van der Waals surface area contributed by atoms with Crippen LogP contribution in [0, 0.1) is 0 Å². The number of likely N-dealkylation sites (N-methyl/N-ethyl adjacent to an activating group) is 4. The van der Waals surface area contributed by atoms with Gasteiger partial charge in [-0.05, 0) is 56.4 Å². The predicted octanol–water partition coefficient (Wildman–Crippen LogP) is 0.375. The Morgan fingerprint density at radius 2 is 0.553 bits per heavy atom. The van der Waals surface area contributed by atoms with Gasteiger partial charge in [0.05, 0.1) is 0 Å². The summed E-state index contributed by atoms with van der Waals surface area (Å²) in [5, 5.41) is 43.5. The van der Waals surface area contributed by atoms with Gasteiger partial charge in [-0.3, -0.25) is 0 Å². The van der Waals surface area contributed by atoms with Crippen LogP contribution < -0.4 is 0 Å². The van der Waals surface area contributed by atoms with Gasteiger partial charge in [0.2, 0.25) is 0 Å². The average molecular weight is 828 g/mol. The van der Waals surface area contributed by atoms with Crippen molar-refractivity contribution in [3.63, 3.8) is 0 Å². The molecule has 47 heavy (non-hydrogen) atoms. The zero-order valence-electron chi connectivity index (χ0n) is 25.9. The normalized spacial score (nSPS) is 11.0. The van der Waals surface area contributed by atoms with Crippen LogP contribution >= 0.6 is 0 Å². The molecule has 0 fully saturated rings. The summed E-state index contributed by atoms with van der Waals surface area (Å²) < 4.78 is 128. The smallest absolute Gasteiger partial charge is 0.475 e. The Hall–Kier alpha value is -1.27. The molecule has 0 spiro atoms. The van der Waals surface area contributed by atoms with Crippen LogP contribution in [0.4, 0.5) is 52.7 Å². The molecule has 0 unspecified atom stereocenters. The predicted molar refractivity (Wildman–Crippen MR) is 134 cm³/mol. The van der Waals surface area contributed by atoms with Gasteiger partial charge in [0.1, 0.15) is 0 Å². The fraction of sp³-hybridized carbons (Fsp3) is 0.900. The van der Waals surface area contributed by atoms with Gasteiger partial charge < -0.3 is 55.7 Å². The molecule has 0 aliphatic rings. The van der Waals surface area contributed by atoms with E-state index in [4.69, 9.17) is 40.2 Å². The summed E-state index contributed by atoms with van der Waals surface area (Å²) in [4.78, 5) is 26.5. The number of alkyl halides is 12. The molecule has 0 aliphatic heterocycles. The second-order valence-corrected chi connectivity index (χ2v) is 8.65. The number of hydrogen-bond acceptors (Lipinski definition) is 10. The van der Waals surface area contributed by atoms with E-state index in [-0.39, 0.29) is 38.5 Å². The number of halogens is 12. The van der Waals surface area contributed by atoms with Gasteiger partial charge in [-0.25, -0.2) is 9.59 Å². The molecule has 0 saturated heterocycles. The van der Waals surface area contributed by atoms with Gasteiger partial charge in [-0.15, -0.1) is 0 Å². The molecule has 0 radical (unpaired) electrons. The Morgan fingerprint density at radius 3 is 0.574 bits per heavy atom. The number of nitrogens with zero attached hydrogens (tertiary/aromatic N) is 4. The molecule has 8 N–H and O–H groups in total. The maximum atomic E-state index is 10.7. The Kier molecular flexibility index (Phi) is 48.0. The Labute approximate surface area is 282 Å². The first-order valence-electron chi connectivity index (χ1n) is 11.1. The van der Waals surface area contributed by atoms with Crippen molar-refractivity contribution in [2.45, 2.75) is 37.3 Å². The van der Waals surface area contributed by atoms with Crippen molar-refractivity contribution in [1.82, 2.24) is 19.6 Å². The van der Waals surface area contributed by atoms with E-state index in [1.807, 2.05) is 0 Å². The largest absolute Gasteiger partial charge is 2.00 e. The molecule has 0 aromatic carbocycles. The molecule has 0 aromatic rings. The van der Waals surface area contributed by atoms with Crippen LogP contribution in [0.5, 0.6) is 0 Å². The maximum absolute atomic E-state index is 10.7. The molecule has 13 nitrogen and oxygen atoms in total. The minimum absolute atomic E-state index is 0. The standard InChI is InChI=1S/2C6H16N2.2C2H3F3O2.2C2HF3O2.2Ni.H2O/c2*1-7(2)5-6-8(3)4;4*3-2(4,5)1(6)7;;;/h2*5-6H2,1-4H3;2*1,6-7H;2*(H,6,7);;;1H2/q;;;;;;2*+2;. The number of aliphatic carboxylic acids is 2. The summed E-state index contributed by atoms with van der Waals surface area (Å²) in [5.41, 5.74) is 0. The summed E-state index contributed by atoms with van der Waals surface area (Å²) in [6.45, 7) is 4.58. The summed E-state index contributed by atoms with van der Waals surface area (Å²) in [5.74, 6) is -5.51. The molecule has 0 rings (SSSR count). The molecular weight excluding hydrogens is 786 g/mol. The monoisotopic (exact) mass is 826 g/mol. The van der Waals surface area contributed by atoms with E-state index < -0.39 is 49.2 Å². The molecule has 0 aliphatic carbocycles. The van der Waals surface area contributed by atoms with Crippen molar-refractivity contribution in [2.75, 3.05) is 82.6 Å². The zero-order chi connectivity index (χ0) is 37.4. The third-order valence-electron chi connectivity index (χ3n) is 3.06. The minimum atomic E-state index is -5.08. The van der Waals surface area contributed by atoms with Crippen LogP contribution in [-0.2, 0) is 42.6 Å². The second kappa shape index (κ2) is 33.2. The molecule has 0 atom stereocenters. The van der Waals surface area contributed by atoms with Gasteiger partial charge in [-0.1, -0.05) is 0 Å². The fourth-order valence-electron chi connectivity index (χ4n) is 0.800. The number of aliphatic hydroxyl groups is 4. The van der Waals surface area contributed by atoms with Crippen LogP contribution in [0.1, 0.15) is 0 Å². The Balaban J connectivity index is -0.0000000521. The number of rotatable bonds is 6. The number of carbonyl (C=O) groups is 2. The molecule has 0 amide bonds. The van der Waals surface area contributed by atoms with Crippen molar-refractivity contribution in [3.05, 3.63) is 0 Å². The summed E-state index contributed by atoms with van der Waals surface area (Å²) in [6, 6.07) is 0. The van der Waals surface area contributed by atoms with Gasteiger partial charge in [0.25, 0.3) is 12.6 Å². The third-order valence-corrected chi connectivity index (χ3v) is 3.06. The topological polar surface area (TPSA) is 200 Å². The van der Waals surface area contributed by atoms with E-state index in [0.717, 1.165) is 26.2 Å². The molecule has 0 bridgehead atoms. The summed E-state index contributed by atoms with van der Waals surface area (Å²) >= 11 is 0. The maximum Gasteiger partial charge on any atom is 2.00 e. The second-order valence-electron chi connectivity index (χ2n) is 8.65. The molecular formula is C20H42F12N4Ni2O9+4. The van der Waals surface area contributed by atoms with E-state index in [1.165, 1.54) is 0 Å². The van der Waals surface area contributed by atoms with Crippen molar-refractivity contribution in [3.8, 4) is 0 Å². The first-order chi connectivity index (χ1) is 19.0. The Morgan fingerprint density at radius 1 is 0.468 bits per heavy atom. The zero-order valence-corrected chi connectivity index (χ0v) is 27.9. The van der Waals surface area contributed by atoms with E-state index >= 15 is 0 Å². The van der Waals surface area contributed by atoms with Crippen molar-refractivity contribution < 1.29 is 131 Å². The number of carboxylic acid groups (broad SMARTS) is 2. The van der Waals surface area contributed by atoms with Crippen LogP contribution in [0.15, 0.2) is 0 Å². The van der Waals surface area contributed by atoms with Crippen LogP contribution in [0.2, 0.25) is 0 Å². The summed E-state index contributed by atoms with van der Waals surface area (Å²) in [6.07, 6.45) is -26.3. The molecule has 0 aromatic heterocycles. The van der Waals surface area contributed by atoms with Gasteiger partial charge in [0, 0.05) is 26.2 Å². The quantitative estimate of drug-likeness (QED) is 0.123. The minimum Gasteiger partial charge on any atom is -0.475 e. The molecule has 27 heteroatoms. The van der Waals surface area contributed by atoms with Crippen molar-refractivity contribution >= 4 is 11.9 Å². The van der Waals surface area contributed by atoms with Crippen LogP contribution in [0.3, 0.4) is 0 Å². The van der Waals surface area contributed by atoms with E-state index in [2.05, 4.69) is 76.0 Å². The molecule has 0 heterocycles. The first-order valence-corrected chi connectivity index (χ1v) is 11.1. The molecule has 0 saturated carbocycles. The SMILES string of the molecule is CN(C)CCN(C)C.CN(C)CCN(C)C.O.O=C(O)C(F)(F)F.O=C(O)C(F)(F)F.OC(O)C(F)(F)F.OC(O)C(F)(F)F.[Ni+2].[Ni+2]. The number of carboxylic acids is 2. The summed E-state index contributed by atoms with van der Waals surface area (Å²) in [7, 11) is 16.7. The van der Waals surface area contributed by atoms with E-state index in [1.54, 1.807) is 0 Å². The third kappa shape index (κ3) is 76.2. The average Bonchev–Trinajstić information content (AvgIpc) is 2.76. The number of aliphatic hydroxyl groups excluding tert-OH is 2. The van der Waals surface area contributed by atoms with Crippen LogP contribution in [0.25, 0.3) is 0 Å². The molecule has 296 valence electrons.